The van der Waals surface area contributed by atoms with E-state index in [9.17, 15) is 0 Å². The lowest BCUT2D eigenvalue weighted by Gasteiger charge is -2.10. The summed E-state index contributed by atoms with van der Waals surface area (Å²) in [5, 5.41) is 5.88. The molecule has 0 fully saturated rings. The maximum atomic E-state index is 5.92. The van der Waals surface area contributed by atoms with Crippen LogP contribution < -0.4 is 5.32 Å². The van der Waals surface area contributed by atoms with E-state index in [4.69, 9.17) is 11.6 Å². The zero-order chi connectivity index (χ0) is 12.4. The number of nitrogens with zero attached hydrogens (tertiary/aromatic N) is 2. The number of rotatable bonds is 3. The van der Waals surface area contributed by atoms with Crippen LogP contribution in [0.4, 0.5) is 5.82 Å². The summed E-state index contributed by atoms with van der Waals surface area (Å²) in [5.41, 5.74) is 2.09. The van der Waals surface area contributed by atoms with E-state index in [0.29, 0.717) is 0 Å². The van der Waals surface area contributed by atoms with E-state index in [1.807, 2.05) is 25.3 Å². The van der Waals surface area contributed by atoms with Crippen molar-refractivity contribution in [1.82, 2.24) is 9.97 Å². The maximum absolute atomic E-state index is 5.92. The first-order valence-corrected chi connectivity index (χ1v) is 6.71. The van der Waals surface area contributed by atoms with Gasteiger partial charge in [-0.15, -0.1) is 11.3 Å². The maximum Gasteiger partial charge on any atom is 0.171 e. The van der Waals surface area contributed by atoms with Crippen LogP contribution in [0.25, 0.3) is 10.7 Å². The Labute approximate surface area is 110 Å². The third-order valence-corrected chi connectivity index (χ3v) is 3.80. The van der Waals surface area contributed by atoms with Crippen LogP contribution in [0.5, 0.6) is 0 Å². The highest BCUT2D eigenvalue weighted by molar-refractivity contribution is 7.14. The minimum atomic E-state index is 0.733. The number of hydrogen-bond acceptors (Lipinski definition) is 4. The fourth-order valence-electron chi connectivity index (χ4n) is 1.51. The van der Waals surface area contributed by atoms with Gasteiger partial charge in [-0.05, 0) is 26.8 Å². The van der Waals surface area contributed by atoms with E-state index in [1.54, 1.807) is 11.3 Å². The lowest BCUT2D eigenvalue weighted by Crippen LogP contribution is -2.05. The normalized spacial score (nSPS) is 10.6. The molecule has 17 heavy (non-hydrogen) atoms. The lowest BCUT2D eigenvalue weighted by atomic mass is 10.2. The van der Waals surface area contributed by atoms with E-state index in [0.717, 1.165) is 39.3 Å². The van der Waals surface area contributed by atoms with Gasteiger partial charge in [-0.2, -0.15) is 0 Å². The second-order valence-corrected chi connectivity index (χ2v) is 5.11. The summed E-state index contributed by atoms with van der Waals surface area (Å²) in [4.78, 5) is 10.0. The number of halogens is 1. The van der Waals surface area contributed by atoms with E-state index >= 15 is 0 Å². The fraction of sp³-hybridized carbons (Fsp3) is 0.333. The molecule has 3 nitrogen and oxygen atoms in total. The molecule has 0 amide bonds. The van der Waals surface area contributed by atoms with Crippen molar-refractivity contribution in [2.45, 2.75) is 20.8 Å². The molecule has 90 valence electrons. The molecule has 0 spiro atoms. The average molecular weight is 268 g/mol. The van der Waals surface area contributed by atoms with Gasteiger partial charge in [-0.25, -0.2) is 9.97 Å². The molecule has 0 bridgehead atoms. The van der Waals surface area contributed by atoms with Gasteiger partial charge < -0.3 is 5.32 Å². The highest BCUT2D eigenvalue weighted by atomic mass is 35.5. The Morgan fingerprint density at radius 1 is 1.35 bits per heavy atom. The van der Waals surface area contributed by atoms with Gasteiger partial charge in [0, 0.05) is 23.2 Å². The van der Waals surface area contributed by atoms with Crippen LogP contribution in [-0.4, -0.2) is 16.5 Å². The number of aryl methyl sites for hydroxylation is 1. The molecule has 0 aliphatic carbocycles. The number of nitrogens with one attached hydrogen (secondary N) is 1. The van der Waals surface area contributed by atoms with Crippen LogP contribution in [0, 0.1) is 13.8 Å². The third kappa shape index (κ3) is 2.58. The van der Waals surface area contributed by atoms with Crippen LogP contribution in [-0.2, 0) is 0 Å². The van der Waals surface area contributed by atoms with Crippen LogP contribution >= 0.6 is 22.9 Å². The van der Waals surface area contributed by atoms with Crippen molar-refractivity contribution in [2.24, 2.45) is 0 Å². The topological polar surface area (TPSA) is 37.8 Å². The highest BCUT2D eigenvalue weighted by Crippen LogP contribution is 2.29. The van der Waals surface area contributed by atoms with Crippen molar-refractivity contribution in [1.29, 1.82) is 0 Å². The molecule has 2 rings (SSSR count). The van der Waals surface area contributed by atoms with E-state index < -0.39 is 0 Å². The molecule has 0 aromatic carbocycles. The van der Waals surface area contributed by atoms with E-state index in [2.05, 4.69) is 22.2 Å². The predicted molar refractivity (Wildman–Crippen MR) is 74.0 cm³/mol. The Kier molecular flexibility index (Phi) is 3.64. The molecule has 2 aromatic heterocycles. The monoisotopic (exact) mass is 267 g/mol. The van der Waals surface area contributed by atoms with Crippen LogP contribution in [0.1, 0.15) is 18.2 Å². The summed E-state index contributed by atoms with van der Waals surface area (Å²) in [6, 6.07) is 1.89. The summed E-state index contributed by atoms with van der Waals surface area (Å²) in [5.74, 6) is 1.64. The lowest BCUT2D eigenvalue weighted by molar-refractivity contribution is 1.05. The Morgan fingerprint density at radius 2 is 2.12 bits per heavy atom. The molecule has 0 saturated heterocycles. The molecule has 0 atom stereocenters. The van der Waals surface area contributed by atoms with Crippen molar-refractivity contribution < 1.29 is 0 Å². The Balaban J connectivity index is 2.48. The minimum Gasteiger partial charge on any atom is -0.370 e. The second-order valence-electron chi connectivity index (χ2n) is 3.77. The Morgan fingerprint density at radius 3 is 2.71 bits per heavy atom. The molecule has 0 aliphatic heterocycles. The largest absolute Gasteiger partial charge is 0.370 e. The number of hydrogen-bond donors (Lipinski definition) is 1. The van der Waals surface area contributed by atoms with Crippen LogP contribution in [0.2, 0.25) is 5.02 Å². The van der Waals surface area contributed by atoms with Crippen LogP contribution in [0.3, 0.4) is 0 Å². The van der Waals surface area contributed by atoms with Gasteiger partial charge in [0.05, 0.1) is 9.90 Å². The molecule has 0 unspecified atom stereocenters. The van der Waals surface area contributed by atoms with Crippen molar-refractivity contribution in [2.75, 3.05) is 11.9 Å². The van der Waals surface area contributed by atoms with Crippen molar-refractivity contribution in [3.8, 4) is 10.7 Å². The zero-order valence-electron chi connectivity index (χ0n) is 10.0. The third-order valence-electron chi connectivity index (χ3n) is 2.52. The van der Waals surface area contributed by atoms with Gasteiger partial charge in [0.25, 0.3) is 0 Å². The summed E-state index contributed by atoms with van der Waals surface area (Å²) in [6.07, 6.45) is 0. The molecule has 0 saturated carbocycles. The second kappa shape index (κ2) is 5.02. The van der Waals surface area contributed by atoms with Gasteiger partial charge in [0.2, 0.25) is 0 Å². The first kappa shape index (κ1) is 12.3. The average Bonchev–Trinajstić information content (AvgIpc) is 2.71. The molecule has 0 radical (unpaired) electrons. The molecular weight excluding hydrogens is 254 g/mol. The van der Waals surface area contributed by atoms with Gasteiger partial charge >= 0.3 is 0 Å². The van der Waals surface area contributed by atoms with Gasteiger partial charge in [-0.1, -0.05) is 11.6 Å². The van der Waals surface area contributed by atoms with Crippen molar-refractivity contribution >= 4 is 28.8 Å². The quantitative estimate of drug-likeness (QED) is 0.916. The number of thiophene rings is 1. The summed E-state index contributed by atoms with van der Waals surface area (Å²) >= 11 is 7.48. The number of anilines is 1. The van der Waals surface area contributed by atoms with Crippen LogP contribution in [0.15, 0.2) is 11.4 Å². The van der Waals surface area contributed by atoms with Gasteiger partial charge in [0.15, 0.2) is 5.82 Å². The predicted octanol–water partition coefficient (Wildman–Crippen LogP) is 3.91. The van der Waals surface area contributed by atoms with Gasteiger partial charge in [-0.3, -0.25) is 0 Å². The van der Waals surface area contributed by atoms with Crippen molar-refractivity contribution in [3.05, 3.63) is 27.7 Å². The molecule has 5 heteroatoms. The number of aromatic nitrogens is 2. The smallest absolute Gasteiger partial charge is 0.171 e. The first-order chi connectivity index (χ1) is 8.11. The van der Waals surface area contributed by atoms with E-state index in [-0.39, 0.29) is 0 Å². The first-order valence-electron chi connectivity index (χ1n) is 5.45. The van der Waals surface area contributed by atoms with E-state index in [1.165, 1.54) is 0 Å². The molecule has 1 N–H and O–H groups in total. The standard InChI is InChI=1S/C12H14ClN3S/c1-4-14-11-7(2)8(3)15-12(16-11)10-5-9(13)6-17-10/h5-6H,4H2,1-3H3,(H,14,15,16). The molecule has 2 heterocycles. The SMILES string of the molecule is CCNc1nc(-c2cc(Cl)cs2)nc(C)c1C. The fourth-order valence-corrected chi connectivity index (χ4v) is 2.52. The minimum absolute atomic E-state index is 0.733. The summed E-state index contributed by atoms with van der Waals surface area (Å²) in [6.45, 7) is 6.93. The summed E-state index contributed by atoms with van der Waals surface area (Å²) in [7, 11) is 0. The zero-order valence-corrected chi connectivity index (χ0v) is 11.6. The molecular formula is C12H14ClN3S. The molecule has 0 aliphatic rings. The van der Waals surface area contributed by atoms with Crippen molar-refractivity contribution in [3.63, 3.8) is 0 Å². The Hall–Kier alpha value is -1.13. The van der Waals surface area contributed by atoms with Gasteiger partial charge in [0.1, 0.15) is 5.82 Å². The molecule has 2 aromatic rings. The highest BCUT2D eigenvalue weighted by Gasteiger charge is 2.10. The Bertz CT molecular complexity index is 537. The summed E-state index contributed by atoms with van der Waals surface area (Å²) < 4.78 is 0.